The van der Waals surface area contributed by atoms with Crippen molar-refractivity contribution >= 4 is 26.6 Å². The summed E-state index contributed by atoms with van der Waals surface area (Å²) in [4.78, 5) is 18.7. The van der Waals surface area contributed by atoms with Gasteiger partial charge in [0.05, 0.1) is 16.0 Å². The van der Waals surface area contributed by atoms with Crippen LogP contribution in [0.25, 0.3) is 10.9 Å². The Morgan fingerprint density at radius 3 is 2.73 bits per heavy atom. The monoisotopic (exact) mass is 318 g/mol. The molecule has 2 aromatic rings. The molecule has 22 heavy (non-hydrogen) atoms. The van der Waals surface area contributed by atoms with E-state index in [0.29, 0.717) is 5.56 Å². The van der Waals surface area contributed by atoms with Crippen molar-refractivity contribution in [2.75, 3.05) is 18.8 Å². The molecule has 6 heteroatoms. The van der Waals surface area contributed by atoms with E-state index in [2.05, 4.69) is 4.98 Å². The van der Waals surface area contributed by atoms with E-state index in [-0.39, 0.29) is 24.7 Å². The van der Waals surface area contributed by atoms with Crippen LogP contribution in [-0.2, 0) is 9.84 Å². The molecule has 116 valence electrons. The standard InChI is InChI=1S/C16H18N2O3S/c1-16(2)11-18(9-10-22(16,20)21)15(19)13-5-3-7-14-12(13)6-4-8-17-14/h3-8H,9-11H2,1-2H3. The molecule has 0 unspecified atom stereocenters. The minimum atomic E-state index is -3.16. The van der Waals surface area contributed by atoms with Crippen LogP contribution in [0.2, 0.25) is 0 Å². The lowest BCUT2D eigenvalue weighted by Crippen LogP contribution is -2.54. The summed E-state index contributed by atoms with van der Waals surface area (Å²) in [5.41, 5.74) is 1.33. The van der Waals surface area contributed by atoms with Crippen LogP contribution in [0.4, 0.5) is 0 Å². The third kappa shape index (κ3) is 2.37. The predicted molar refractivity (Wildman–Crippen MR) is 85.5 cm³/mol. The maximum absolute atomic E-state index is 12.8. The van der Waals surface area contributed by atoms with Crippen LogP contribution in [0, 0.1) is 0 Å². The molecule has 0 bridgehead atoms. The van der Waals surface area contributed by atoms with Gasteiger partial charge in [0.2, 0.25) is 0 Å². The van der Waals surface area contributed by atoms with Gasteiger partial charge in [-0.2, -0.15) is 0 Å². The topological polar surface area (TPSA) is 67.3 Å². The Kier molecular flexibility index (Phi) is 3.44. The lowest BCUT2D eigenvalue weighted by molar-refractivity contribution is 0.0745. The van der Waals surface area contributed by atoms with Gasteiger partial charge in [-0.05, 0) is 32.0 Å². The number of fused-ring (bicyclic) bond motifs is 1. The third-order valence-corrected chi connectivity index (χ3v) is 6.74. The summed E-state index contributed by atoms with van der Waals surface area (Å²) in [6, 6.07) is 9.08. The predicted octanol–water partition coefficient (Wildman–Crippen LogP) is 1.88. The van der Waals surface area contributed by atoms with E-state index in [1.165, 1.54) is 0 Å². The quantitative estimate of drug-likeness (QED) is 0.805. The highest BCUT2D eigenvalue weighted by molar-refractivity contribution is 7.92. The first kappa shape index (κ1) is 15.0. The fraction of sp³-hybridized carbons (Fsp3) is 0.375. The second-order valence-corrected chi connectivity index (χ2v) is 8.92. The number of sulfone groups is 1. The number of hydrogen-bond acceptors (Lipinski definition) is 4. The van der Waals surface area contributed by atoms with Crippen LogP contribution in [0.3, 0.4) is 0 Å². The van der Waals surface area contributed by atoms with Gasteiger partial charge in [0.25, 0.3) is 5.91 Å². The lowest BCUT2D eigenvalue weighted by atomic mass is 10.1. The molecule has 0 N–H and O–H groups in total. The summed E-state index contributed by atoms with van der Waals surface area (Å²) < 4.78 is 23.2. The van der Waals surface area contributed by atoms with Crippen molar-refractivity contribution in [2.45, 2.75) is 18.6 Å². The van der Waals surface area contributed by atoms with Crippen molar-refractivity contribution in [3.05, 3.63) is 42.1 Å². The molecule has 2 heterocycles. The molecule has 1 aliphatic rings. The maximum atomic E-state index is 12.8. The summed E-state index contributed by atoms with van der Waals surface area (Å²) in [7, 11) is -3.16. The van der Waals surface area contributed by atoms with E-state index >= 15 is 0 Å². The molecular weight excluding hydrogens is 300 g/mol. The normalized spacial score (nSPS) is 20.0. The Labute approximate surface area is 129 Å². The first-order valence-corrected chi connectivity index (χ1v) is 8.82. The van der Waals surface area contributed by atoms with Gasteiger partial charge in [0.1, 0.15) is 0 Å². The van der Waals surface area contributed by atoms with Gasteiger partial charge in [-0.1, -0.05) is 12.1 Å². The van der Waals surface area contributed by atoms with E-state index in [0.717, 1.165) is 10.9 Å². The minimum absolute atomic E-state index is 0.00869. The van der Waals surface area contributed by atoms with Gasteiger partial charge >= 0.3 is 0 Å². The number of rotatable bonds is 1. The summed E-state index contributed by atoms with van der Waals surface area (Å²) >= 11 is 0. The van der Waals surface area contributed by atoms with Crippen LogP contribution < -0.4 is 0 Å². The van der Waals surface area contributed by atoms with Gasteiger partial charge < -0.3 is 4.90 Å². The number of amides is 1. The zero-order valence-corrected chi connectivity index (χ0v) is 13.4. The molecule has 1 saturated heterocycles. The first-order chi connectivity index (χ1) is 10.3. The molecule has 0 radical (unpaired) electrons. The Morgan fingerprint density at radius 1 is 1.23 bits per heavy atom. The number of carbonyl (C=O) groups excluding carboxylic acids is 1. The molecule has 1 aliphatic heterocycles. The maximum Gasteiger partial charge on any atom is 0.254 e. The molecular formula is C16H18N2O3S. The van der Waals surface area contributed by atoms with Gasteiger partial charge in [-0.25, -0.2) is 8.42 Å². The molecule has 1 amide bonds. The van der Waals surface area contributed by atoms with E-state index in [1.54, 1.807) is 43.1 Å². The highest BCUT2D eigenvalue weighted by Gasteiger charge is 2.41. The first-order valence-electron chi connectivity index (χ1n) is 7.17. The Balaban J connectivity index is 1.98. The molecule has 0 aliphatic carbocycles. The number of carbonyl (C=O) groups is 1. The van der Waals surface area contributed by atoms with Crippen molar-refractivity contribution < 1.29 is 13.2 Å². The van der Waals surface area contributed by atoms with Crippen LogP contribution in [-0.4, -0.2) is 47.8 Å². The summed E-state index contributed by atoms with van der Waals surface area (Å²) in [6.07, 6.45) is 1.69. The molecule has 1 aromatic heterocycles. The fourth-order valence-electron chi connectivity index (χ4n) is 2.78. The fourth-order valence-corrected chi connectivity index (χ4v) is 4.14. The average molecular weight is 318 g/mol. The second kappa shape index (κ2) is 5.05. The summed E-state index contributed by atoms with van der Waals surface area (Å²) in [6.45, 7) is 3.80. The second-order valence-electron chi connectivity index (χ2n) is 6.18. The van der Waals surface area contributed by atoms with E-state index in [4.69, 9.17) is 0 Å². The van der Waals surface area contributed by atoms with Crippen molar-refractivity contribution in [1.29, 1.82) is 0 Å². The molecule has 0 atom stereocenters. The van der Waals surface area contributed by atoms with E-state index in [9.17, 15) is 13.2 Å². The van der Waals surface area contributed by atoms with Crippen LogP contribution in [0.1, 0.15) is 24.2 Å². The number of pyridine rings is 1. The molecule has 5 nitrogen and oxygen atoms in total. The molecule has 3 rings (SSSR count). The van der Waals surface area contributed by atoms with E-state index < -0.39 is 14.6 Å². The zero-order valence-electron chi connectivity index (χ0n) is 12.6. The van der Waals surface area contributed by atoms with Crippen LogP contribution in [0.5, 0.6) is 0 Å². The molecule has 1 fully saturated rings. The van der Waals surface area contributed by atoms with Gasteiger partial charge in [-0.15, -0.1) is 0 Å². The SMILES string of the molecule is CC1(C)CN(C(=O)c2cccc3ncccc23)CCS1(=O)=O. The van der Waals surface area contributed by atoms with Crippen molar-refractivity contribution in [2.24, 2.45) is 0 Å². The minimum Gasteiger partial charge on any atom is -0.336 e. The smallest absolute Gasteiger partial charge is 0.254 e. The molecule has 1 aromatic carbocycles. The summed E-state index contributed by atoms with van der Waals surface area (Å²) in [5.74, 6) is -0.129. The Bertz CT molecular complexity index is 838. The van der Waals surface area contributed by atoms with Crippen LogP contribution in [0.15, 0.2) is 36.5 Å². The van der Waals surface area contributed by atoms with Crippen molar-refractivity contribution in [1.82, 2.24) is 9.88 Å². The highest BCUT2D eigenvalue weighted by atomic mass is 32.2. The number of hydrogen-bond donors (Lipinski definition) is 0. The summed E-state index contributed by atoms with van der Waals surface area (Å²) in [5, 5.41) is 0.793. The highest BCUT2D eigenvalue weighted by Crippen LogP contribution is 2.26. The Morgan fingerprint density at radius 2 is 2.00 bits per heavy atom. The Hall–Kier alpha value is -1.95. The van der Waals surface area contributed by atoms with Gasteiger partial charge in [0.15, 0.2) is 9.84 Å². The van der Waals surface area contributed by atoms with Crippen molar-refractivity contribution in [3.63, 3.8) is 0 Å². The molecule has 0 saturated carbocycles. The zero-order chi connectivity index (χ0) is 16.0. The third-order valence-electron chi connectivity index (χ3n) is 4.21. The number of aromatic nitrogens is 1. The number of nitrogens with zero attached hydrogens (tertiary/aromatic N) is 2. The van der Waals surface area contributed by atoms with E-state index in [1.807, 2.05) is 12.1 Å². The molecule has 0 spiro atoms. The number of benzene rings is 1. The largest absolute Gasteiger partial charge is 0.336 e. The van der Waals surface area contributed by atoms with Crippen molar-refractivity contribution in [3.8, 4) is 0 Å². The van der Waals surface area contributed by atoms with Gasteiger partial charge in [-0.3, -0.25) is 9.78 Å². The lowest BCUT2D eigenvalue weighted by Gasteiger charge is -2.37. The average Bonchev–Trinajstić information content (AvgIpc) is 2.49. The van der Waals surface area contributed by atoms with Gasteiger partial charge in [0, 0.05) is 30.2 Å². The van der Waals surface area contributed by atoms with Crippen LogP contribution >= 0.6 is 0 Å².